The zero-order valence-corrected chi connectivity index (χ0v) is 11.6. The molecule has 3 amide bonds. The highest BCUT2D eigenvalue weighted by molar-refractivity contribution is 6.06. The molecule has 19 heavy (non-hydrogen) atoms. The van der Waals surface area contributed by atoms with Gasteiger partial charge in [0.1, 0.15) is 5.54 Å². The van der Waals surface area contributed by atoms with E-state index in [9.17, 15) is 14.4 Å². The molecule has 0 atom stereocenters. The molecule has 1 heterocycles. The Hall–Kier alpha value is -1.63. The normalized spacial score (nSPS) is 18.0. The molecule has 1 aliphatic rings. The molecular formula is C12H21N3O4. The Morgan fingerprint density at radius 1 is 1.37 bits per heavy atom. The maximum atomic E-state index is 11.9. The lowest BCUT2D eigenvalue weighted by molar-refractivity contribution is -0.138. The van der Waals surface area contributed by atoms with Crippen molar-refractivity contribution in [2.24, 2.45) is 0 Å². The fourth-order valence-corrected chi connectivity index (χ4v) is 2.04. The fraction of sp³-hybridized carbons (Fsp3) is 0.750. The van der Waals surface area contributed by atoms with Crippen molar-refractivity contribution in [1.82, 2.24) is 15.1 Å². The highest BCUT2D eigenvalue weighted by atomic mass is 16.4. The van der Waals surface area contributed by atoms with Crippen LogP contribution in [0, 0.1) is 0 Å². The van der Waals surface area contributed by atoms with Crippen molar-refractivity contribution in [1.29, 1.82) is 0 Å². The summed E-state index contributed by atoms with van der Waals surface area (Å²) in [6.45, 7) is 6.37. The summed E-state index contributed by atoms with van der Waals surface area (Å²) in [4.78, 5) is 37.2. The van der Waals surface area contributed by atoms with E-state index >= 15 is 0 Å². The molecule has 0 aromatic carbocycles. The standard InChI is InChI=1S/C12H21N3O4/c1-4-5-14(8-9(16)17)6-7-15-10(18)12(2,3)13-11(15)19/h4-8H2,1-3H3,(H,13,19)(H,16,17). The third kappa shape index (κ3) is 3.92. The number of amides is 3. The van der Waals surface area contributed by atoms with Gasteiger partial charge >= 0.3 is 12.0 Å². The summed E-state index contributed by atoms with van der Waals surface area (Å²) in [5, 5.41) is 11.4. The molecule has 1 rings (SSSR count). The topological polar surface area (TPSA) is 90.0 Å². The van der Waals surface area contributed by atoms with E-state index in [0.29, 0.717) is 13.1 Å². The number of rotatable bonds is 7. The molecule has 0 aliphatic carbocycles. The van der Waals surface area contributed by atoms with E-state index in [1.54, 1.807) is 18.7 Å². The molecule has 7 nitrogen and oxygen atoms in total. The molecule has 0 saturated carbocycles. The summed E-state index contributed by atoms with van der Waals surface area (Å²) in [5.74, 6) is -1.18. The lowest BCUT2D eigenvalue weighted by Crippen LogP contribution is -2.42. The minimum absolute atomic E-state index is 0.0825. The number of nitrogens with zero attached hydrogens (tertiary/aromatic N) is 2. The Balaban J connectivity index is 2.57. The maximum Gasteiger partial charge on any atom is 0.325 e. The fourth-order valence-electron chi connectivity index (χ4n) is 2.04. The summed E-state index contributed by atoms with van der Waals surface area (Å²) < 4.78 is 0. The second-order valence-corrected chi connectivity index (χ2v) is 5.18. The van der Waals surface area contributed by atoms with Crippen molar-refractivity contribution in [3.63, 3.8) is 0 Å². The van der Waals surface area contributed by atoms with E-state index in [0.717, 1.165) is 11.3 Å². The van der Waals surface area contributed by atoms with Crippen molar-refractivity contribution >= 4 is 17.9 Å². The van der Waals surface area contributed by atoms with Crippen LogP contribution < -0.4 is 5.32 Å². The van der Waals surface area contributed by atoms with Crippen LogP contribution in [0.3, 0.4) is 0 Å². The van der Waals surface area contributed by atoms with Crippen LogP contribution in [-0.2, 0) is 9.59 Å². The number of carbonyl (C=O) groups is 3. The van der Waals surface area contributed by atoms with Crippen molar-refractivity contribution in [3.8, 4) is 0 Å². The molecule has 7 heteroatoms. The zero-order valence-electron chi connectivity index (χ0n) is 11.6. The molecule has 1 saturated heterocycles. The van der Waals surface area contributed by atoms with Gasteiger partial charge in [-0.05, 0) is 26.8 Å². The molecule has 0 bridgehead atoms. The van der Waals surface area contributed by atoms with Gasteiger partial charge in [-0.1, -0.05) is 6.92 Å². The second kappa shape index (κ2) is 6.01. The Labute approximate surface area is 112 Å². The molecule has 1 aliphatic heterocycles. The van der Waals surface area contributed by atoms with Crippen LogP contribution in [0.2, 0.25) is 0 Å². The van der Waals surface area contributed by atoms with Gasteiger partial charge in [0.25, 0.3) is 5.91 Å². The van der Waals surface area contributed by atoms with Gasteiger partial charge in [0.05, 0.1) is 6.54 Å². The molecular weight excluding hydrogens is 250 g/mol. The SMILES string of the molecule is CCCN(CCN1C(=O)NC(C)(C)C1=O)CC(=O)O. The second-order valence-electron chi connectivity index (χ2n) is 5.18. The van der Waals surface area contributed by atoms with Crippen molar-refractivity contribution < 1.29 is 19.5 Å². The predicted octanol–water partition coefficient (Wildman–Crippen LogP) is 0.113. The van der Waals surface area contributed by atoms with E-state index in [4.69, 9.17) is 5.11 Å². The first-order chi connectivity index (χ1) is 8.77. The van der Waals surface area contributed by atoms with Gasteiger partial charge in [-0.15, -0.1) is 0 Å². The largest absolute Gasteiger partial charge is 0.480 e. The molecule has 2 N–H and O–H groups in total. The zero-order chi connectivity index (χ0) is 14.6. The average Bonchev–Trinajstić information content (AvgIpc) is 2.45. The van der Waals surface area contributed by atoms with Gasteiger partial charge in [0.15, 0.2) is 0 Å². The van der Waals surface area contributed by atoms with Crippen molar-refractivity contribution in [2.45, 2.75) is 32.7 Å². The molecule has 0 unspecified atom stereocenters. The lowest BCUT2D eigenvalue weighted by Gasteiger charge is -2.22. The summed E-state index contributed by atoms with van der Waals surface area (Å²) in [6, 6.07) is -0.415. The van der Waals surface area contributed by atoms with Gasteiger partial charge < -0.3 is 10.4 Å². The van der Waals surface area contributed by atoms with Crippen LogP contribution in [0.1, 0.15) is 27.2 Å². The van der Waals surface area contributed by atoms with Gasteiger partial charge in [-0.2, -0.15) is 0 Å². The van der Waals surface area contributed by atoms with Crippen LogP contribution in [0.15, 0.2) is 0 Å². The summed E-state index contributed by atoms with van der Waals surface area (Å²) in [6.07, 6.45) is 0.818. The van der Waals surface area contributed by atoms with Crippen molar-refractivity contribution in [3.05, 3.63) is 0 Å². The van der Waals surface area contributed by atoms with E-state index in [1.165, 1.54) is 0 Å². The number of imide groups is 1. The van der Waals surface area contributed by atoms with Gasteiger partial charge in [-0.3, -0.25) is 19.4 Å². The van der Waals surface area contributed by atoms with Crippen LogP contribution in [0.4, 0.5) is 4.79 Å². The van der Waals surface area contributed by atoms with Crippen LogP contribution >= 0.6 is 0 Å². The van der Waals surface area contributed by atoms with Gasteiger partial charge in [0, 0.05) is 13.1 Å². The minimum atomic E-state index is -0.911. The lowest BCUT2D eigenvalue weighted by atomic mass is 10.1. The molecule has 0 aromatic rings. The number of carbonyl (C=O) groups excluding carboxylic acids is 2. The number of hydrogen-bond acceptors (Lipinski definition) is 4. The third-order valence-corrected chi connectivity index (χ3v) is 2.98. The Bertz CT molecular complexity index is 381. The summed E-state index contributed by atoms with van der Waals surface area (Å²) in [5.41, 5.74) is -0.876. The van der Waals surface area contributed by atoms with Crippen molar-refractivity contribution in [2.75, 3.05) is 26.2 Å². The monoisotopic (exact) mass is 271 g/mol. The average molecular weight is 271 g/mol. The Kier molecular flexibility index (Phi) is 4.88. The number of aliphatic carboxylic acids is 1. The van der Waals surface area contributed by atoms with E-state index < -0.39 is 17.5 Å². The van der Waals surface area contributed by atoms with E-state index in [-0.39, 0.29) is 19.0 Å². The molecule has 0 aromatic heterocycles. The molecule has 1 fully saturated rings. The number of carboxylic acid groups (broad SMARTS) is 1. The first-order valence-corrected chi connectivity index (χ1v) is 6.36. The first-order valence-electron chi connectivity index (χ1n) is 6.36. The molecule has 108 valence electrons. The maximum absolute atomic E-state index is 11.9. The number of urea groups is 1. The van der Waals surface area contributed by atoms with Crippen LogP contribution in [0.5, 0.6) is 0 Å². The van der Waals surface area contributed by atoms with Crippen LogP contribution in [0.25, 0.3) is 0 Å². The number of carboxylic acids is 1. The third-order valence-electron chi connectivity index (χ3n) is 2.98. The van der Waals surface area contributed by atoms with Crippen LogP contribution in [-0.4, -0.2) is 64.5 Å². The summed E-state index contributed by atoms with van der Waals surface area (Å²) in [7, 11) is 0. The predicted molar refractivity (Wildman–Crippen MR) is 68.7 cm³/mol. The Morgan fingerprint density at radius 3 is 2.42 bits per heavy atom. The van der Waals surface area contributed by atoms with Gasteiger partial charge in [0.2, 0.25) is 0 Å². The molecule has 0 radical (unpaired) electrons. The number of nitrogens with one attached hydrogen (secondary N) is 1. The van der Waals surface area contributed by atoms with E-state index in [2.05, 4.69) is 5.32 Å². The molecule has 0 spiro atoms. The minimum Gasteiger partial charge on any atom is -0.480 e. The number of hydrogen-bond donors (Lipinski definition) is 2. The highest BCUT2D eigenvalue weighted by Gasteiger charge is 2.43. The smallest absolute Gasteiger partial charge is 0.325 e. The quantitative estimate of drug-likeness (QED) is 0.642. The van der Waals surface area contributed by atoms with Gasteiger partial charge in [-0.25, -0.2) is 4.79 Å². The van der Waals surface area contributed by atoms with E-state index in [1.807, 2.05) is 6.92 Å². The Morgan fingerprint density at radius 2 is 2.00 bits per heavy atom. The summed E-state index contributed by atoms with van der Waals surface area (Å²) >= 11 is 0. The highest BCUT2D eigenvalue weighted by Crippen LogP contribution is 2.16. The first kappa shape index (κ1) is 15.4.